The first-order valence-corrected chi connectivity index (χ1v) is 7.47. The number of thiazole rings is 1. The summed E-state index contributed by atoms with van der Waals surface area (Å²) in [5, 5.41) is 10.1. The Kier molecular flexibility index (Phi) is 4.43. The second kappa shape index (κ2) is 6.08. The summed E-state index contributed by atoms with van der Waals surface area (Å²) in [5.41, 5.74) is 17.3. The van der Waals surface area contributed by atoms with E-state index in [1.807, 2.05) is 17.3 Å². The summed E-state index contributed by atoms with van der Waals surface area (Å²) >= 11 is 1.45. The molecule has 2 rings (SSSR count). The van der Waals surface area contributed by atoms with Gasteiger partial charge in [0.25, 0.3) is 0 Å². The zero-order valence-corrected chi connectivity index (χ0v) is 12.4. The van der Waals surface area contributed by atoms with Crippen molar-refractivity contribution < 1.29 is 0 Å². The van der Waals surface area contributed by atoms with Gasteiger partial charge in [-0.25, -0.2) is 4.98 Å². The van der Waals surface area contributed by atoms with Gasteiger partial charge in [-0.2, -0.15) is 4.99 Å². The minimum absolute atomic E-state index is 0.0312. The van der Waals surface area contributed by atoms with Gasteiger partial charge in [-0.1, -0.05) is 6.42 Å². The van der Waals surface area contributed by atoms with Gasteiger partial charge < -0.3 is 22.1 Å². The van der Waals surface area contributed by atoms with E-state index in [0.717, 1.165) is 31.4 Å². The largest absolute Gasteiger partial charge is 0.370 e. The van der Waals surface area contributed by atoms with Crippen LogP contribution in [-0.4, -0.2) is 34.9 Å². The van der Waals surface area contributed by atoms with E-state index in [2.05, 4.69) is 9.98 Å². The van der Waals surface area contributed by atoms with Gasteiger partial charge in [0.15, 0.2) is 11.9 Å². The van der Waals surface area contributed by atoms with E-state index in [4.69, 9.17) is 22.6 Å². The van der Waals surface area contributed by atoms with Crippen LogP contribution in [0.1, 0.15) is 37.3 Å². The van der Waals surface area contributed by atoms with Crippen molar-refractivity contribution in [1.82, 2.24) is 9.88 Å². The average Bonchev–Trinajstić information content (AvgIpc) is 2.85. The van der Waals surface area contributed by atoms with Crippen molar-refractivity contribution in [3.05, 3.63) is 11.1 Å². The highest BCUT2D eigenvalue weighted by atomic mass is 32.1. The minimum atomic E-state index is 0.0312. The summed E-state index contributed by atoms with van der Waals surface area (Å²) < 4.78 is 0. The highest BCUT2D eigenvalue weighted by Crippen LogP contribution is 2.36. The molecule has 0 aliphatic heterocycles. The van der Waals surface area contributed by atoms with E-state index < -0.39 is 0 Å². The number of guanidine groups is 2. The van der Waals surface area contributed by atoms with Crippen molar-refractivity contribution in [2.75, 3.05) is 7.05 Å². The van der Waals surface area contributed by atoms with Crippen LogP contribution in [0.3, 0.4) is 0 Å². The van der Waals surface area contributed by atoms with Crippen molar-refractivity contribution in [1.29, 1.82) is 5.41 Å². The molecule has 1 aliphatic carbocycles. The van der Waals surface area contributed by atoms with Gasteiger partial charge in [-0.15, -0.1) is 11.3 Å². The molecule has 8 heteroatoms. The smallest absolute Gasteiger partial charge is 0.212 e. The zero-order chi connectivity index (χ0) is 14.7. The van der Waals surface area contributed by atoms with E-state index >= 15 is 0 Å². The molecule has 110 valence electrons. The summed E-state index contributed by atoms with van der Waals surface area (Å²) in [5.74, 6) is 0.536. The fraction of sp³-hybridized carbons (Fsp3) is 0.583. The van der Waals surface area contributed by atoms with E-state index in [-0.39, 0.29) is 11.9 Å². The maximum Gasteiger partial charge on any atom is 0.212 e. The van der Waals surface area contributed by atoms with Crippen molar-refractivity contribution in [2.24, 2.45) is 22.2 Å². The molecule has 0 radical (unpaired) electrons. The predicted molar refractivity (Wildman–Crippen MR) is 82.3 cm³/mol. The van der Waals surface area contributed by atoms with Crippen LogP contribution in [0.5, 0.6) is 0 Å². The van der Waals surface area contributed by atoms with E-state index in [9.17, 15) is 0 Å². The SMILES string of the molecule is CN(C(=N)N)C1CCCC(c2csc(N=C(N)N)n2)C1. The highest BCUT2D eigenvalue weighted by molar-refractivity contribution is 7.13. The van der Waals surface area contributed by atoms with E-state index in [1.54, 1.807) is 0 Å². The summed E-state index contributed by atoms with van der Waals surface area (Å²) in [7, 11) is 1.88. The number of aromatic nitrogens is 1. The third-order valence-electron chi connectivity index (χ3n) is 3.73. The van der Waals surface area contributed by atoms with E-state index in [0.29, 0.717) is 17.1 Å². The van der Waals surface area contributed by atoms with Crippen LogP contribution in [0.25, 0.3) is 0 Å². The molecule has 0 bridgehead atoms. The highest BCUT2D eigenvalue weighted by Gasteiger charge is 2.27. The van der Waals surface area contributed by atoms with E-state index in [1.165, 1.54) is 11.3 Å². The van der Waals surface area contributed by atoms with Crippen molar-refractivity contribution in [3.63, 3.8) is 0 Å². The molecule has 1 aromatic rings. The number of hydrogen-bond acceptors (Lipinski definition) is 4. The Bertz CT molecular complexity index is 506. The quantitative estimate of drug-likeness (QED) is 0.486. The molecule has 0 spiro atoms. The van der Waals surface area contributed by atoms with Gasteiger partial charge in [0.2, 0.25) is 5.13 Å². The van der Waals surface area contributed by atoms with Gasteiger partial charge in [0, 0.05) is 24.4 Å². The number of aliphatic imine (C=N–C) groups is 1. The molecule has 20 heavy (non-hydrogen) atoms. The first-order chi connectivity index (χ1) is 9.47. The fourth-order valence-corrected chi connectivity index (χ4v) is 3.39. The molecule has 1 saturated carbocycles. The summed E-state index contributed by atoms with van der Waals surface area (Å²) in [6, 6.07) is 0.305. The molecule has 1 heterocycles. The lowest BCUT2D eigenvalue weighted by molar-refractivity contribution is 0.252. The molecule has 0 saturated heterocycles. The maximum absolute atomic E-state index is 7.53. The monoisotopic (exact) mass is 295 g/mol. The van der Waals surface area contributed by atoms with Crippen LogP contribution in [-0.2, 0) is 0 Å². The van der Waals surface area contributed by atoms with Crippen molar-refractivity contribution in [2.45, 2.75) is 37.6 Å². The van der Waals surface area contributed by atoms with Crippen LogP contribution in [0, 0.1) is 5.41 Å². The van der Waals surface area contributed by atoms with Gasteiger partial charge in [0.1, 0.15) is 0 Å². The van der Waals surface area contributed by atoms with Gasteiger partial charge in [-0.05, 0) is 19.3 Å². The molecule has 2 atom stereocenters. The topological polar surface area (TPSA) is 130 Å². The Labute approximate surface area is 122 Å². The summed E-state index contributed by atoms with van der Waals surface area (Å²) in [6.07, 6.45) is 4.24. The maximum atomic E-state index is 7.53. The Balaban J connectivity index is 2.07. The average molecular weight is 295 g/mol. The third kappa shape index (κ3) is 3.38. The number of nitrogens with zero attached hydrogens (tertiary/aromatic N) is 3. The molecule has 7 nitrogen and oxygen atoms in total. The third-order valence-corrected chi connectivity index (χ3v) is 4.48. The summed E-state index contributed by atoms with van der Waals surface area (Å²) in [6.45, 7) is 0. The Morgan fingerprint density at radius 1 is 1.45 bits per heavy atom. The van der Waals surface area contributed by atoms with Crippen LogP contribution < -0.4 is 17.2 Å². The van der Waals surface area contributed by atoms with Crippen molar-refractivity contribution in [3.8, 4) is 0 Å². The van der Waals surface area contributed by atoms with Crippen LogP contribution >= 0.6 is 11.3 Å². The summed E-state index contributed by atoms with van der Waals surface area (Å²) in [4.78, 5) is 10.3. The predicted octanol–water partition coefficient (Wildman–Crippen LogP) is 0.899. The molecule has 2 unspecified atom stereocenters. The standard InChI is InChI=1S/C12H21N7S/c1-19(11(15)16)8-4-2-3-7(5-8)9-6-20-12(17-9)18-10(13)14/h6-8H,2-5H2,1H3,(H3,15,16)(H4,13,14,17,18). The molecular weight excluding hydrogens is 274 g/mol. The molecular formula is C12H21N7S. The molecule has 0 aromatic carbocycles. The van der Waals surface area contributed by atoms with Crippen LogP contribution in [0.15, 0.2) is 10.4 Å². The number of nitrogens with one attached hydrogen (secondary N) is 1. The first-order valence-electron chi connectivity index (χ1n) is 6.59. The molecule has 1 aromatic heterocycles. The van der Waals surface area contributed by atoms with Gasteiger partial charge in [-0.3, -0.25) is 5.41 Å². The lowest BCUT2D eigenvalue weighted by Gasteiger charge is -2.35. The molecule has 0 amide bonds. The second-order valence-corrected chi connectivity index (χ2v) is 5.94. The second-order valence-electron chi connectivity index (χ2n) is 5.11. The zero-order valence-electron chi connectivity index (χ0n) is 11.5. The van der Waals surface area contributed by atoms with Crippen molar-refractivity contribution >= 4 is 28.4 Å². The number of nitrogens with two attached hydrogens (primary N) is 3. The number of hydrogen-bond donors (Lipinski definition) is 4. The normalized spacial score (nSPS) is 22.2. The number of rotatable bonds is 3. The van der Waals surface area contributed by atoms with Crippen LogP contribution in [0.4, 0.5) is 5.13 Å². The Morgan fingerprint density at radius 3 is 2.85 bits per heavy atom. The lowest BCUT2D eigenvalue weighted by Crippen LogP contribution is -2.43. The van der Waals surface area contributed by atoms with Crippen LogP contribution in [0.2, 0.25) is 0 Å². The lowest BCUT2D eigenvalue weighted by atomic mass is 9.83. The van der Waals surface area contributed by atoms with Gasteiger partial charge in [0.05, 0.1) is 5.69 Å². The fourth-order valence-electron chi connectivity index (χ4n) is 2.61. The first kappa shape index (κ1) is 14.6. The van der Waals surface area contributed by atoms with Gasteiger partial charge >= 0.3 is 0 Å². The molecule has 1 fully saturated rings. The Hall–Kier alpha value is -1.83. The Morgan fingerprint density at radius 2 is 2.20 bits per heavy atom. The minimum Gasteiger partial charge on any atom is -0.370 e. The molecule has 7 N–H and O–H groups in total. The molecule has 1 aliphatic rings.